The molecular formula is C23H22FN5O2. The number of anilines is 2. The van der Waals surface area contributed by atoms with Gasteiger partial charge in [-0.15, -0.1) is 10.2 Å². The van der Waals surface area contributed by atoms with Crippen LogP contribution in [-0.2, 0) is 4.79 Å². The summed E-state index contributed by atoms with van der Waals surface area (Å²) in [5, 5.41) is 11.5. The number of benzene rings is 2. The van der Waals surface area contributed by atoms with Crippen LogP contribution < -0.4 is 16.0 Å². The molecule has 158 valence electrons. The second-order valence-electron chi connectivity index (χ2n) is 7.48. The fraction of sp³-hybridized carbons (Fsp3) is 0.217. The predicted molar refractivity (Wildman–Crippen MR) is 116 cm³/mol. The lowest BCUT2D eigenvalue weighted by molar-refractivity contribution is -0.120. The van der Waals surface area contributed by atoms with Gasteiger partial charge in [0.25, 0.3) is 0 Å². The summed E-state index contributed by atoms with van der Waals surface area (Å²) in [6.45, 7) is 1.40. The number of carbonyl (C=O) groups is 2. The number of aromatic nitrogens is 2. The van der Waals surface area contributed by atoms with E-state index in [4.69, 9.17) is 5.73 Å². The Morgan fingerprint density at radius 2 is 1.61 bits per heavy atom. The van der Waals surface area contributed by atoms with E-state index in [1.807, 2.05) is 12.1 Å². The van der Waals surface area contributed by atoms with Gasteiger partial charge in [0, 0.05) is 35.8 Å². The van der Waals surface area contributed by atoms with Crippen molar-refractivity contribution >= 4 is 23.3 Å². The molecule has 1 aromatic heterocycles. The standard InChI is InChI=1S/C23H22FN5O2/c24-18-5-1-15(2-6-18)20-9-10-21(28-27-20)29-13-11-17(12-14-29)23(31)26-19-7-3-16(4-8-19)22(25)30/h1-10,17H,11-14H2,(H2,25,30)(H,26,31). The number of amides is 2. The molecule has 0 aliphatic carbocycles. The summed E-state index contributed by atoms with van der Waals surface area (Å²) in [5.74, 6) is -0.170. The largest absolute Gasteiger partial charge is 0.366 e. The van der Waals surface area contributed by atoms with Gasteiger partial charge in [-0.1, -0.05) is 0 Å². The zero-order valence-electron chi connectivity index (χ0n) is 16.8. The minimum absolute atomic E-state index is 0.0378. The van der Waals surface area contributed by atoms with Crippen molar-refractivity contribution < 1.29 is 14.0 Å². The van der Waals surface area contributed by atoms with Crippen molar-refractivity contribution in [2.24, 2.45) is 11.7 Å². The summed E-state index contributed by atoms with van der Waals surface area (Å²) in [6.07, 6.45) is 1.40. The molecule has 0 atom stereocenters. The van der Waals surface area contributed by atoms with Crippen molar-refractivity contribution in [2.45, 2.75) is 12.8 Å². The maximum Gasteiger partial charge on any atom is 0.248 e. The van der Waals surface area contributed by atoms with Crippen LogP contribution in [0.2, 0.25) is 0 Å². The van der Waals surface area contributed by atoms with Crippen LogP contribution in [0.15, 0.2) is 60.7 Å². The van der Waals surface area contributed by atoms with Gasteiger partial charge in [-0.3, -0.25) is 9.59 Å². The second-order valence-corrected chi connectivity index (χ2v) is 7.48. The number of hydrogen-bond acceptors (Lipinski definition) is 5. The van der Waals surface area contributed by atoms with Gasteiger partial charge in [-0.2, -0.15) is 0 Å². The molecule has 1 aliphatic rings. The van der Waals surface area contributed by atoms with Crippen LogP contribution in [0.4, 0.5) is 15.9 Å². The number of carbonyl (C=O) groups excluding carboxylic acids is 2. The van der Waals surface area contributed by atoms with E-state index < -0.39 is 5.91 Å². The van der Waals surface area contributed by atoms with Crippen LogP contribution in [0, 0.1) is 11.7 Å². The molecule has 2 aromatic carbocycles. The molecule has 8 heteroatoms. The minimum atomic E-state index is -0.501. The molecule has 1 aliphatic heterocycles. The zero-order chi connectivity index (χ0) is 21.8. The molecule has 1 fully saturated rings. The van der Waals surface area contributed by atoms with Gasteiger partial charge in [-0.05, 0) is 73.5 Å². The molecule has 3 aromatic rings. The molecule has 1 saturated heterocycles. The lowest BCUT2D eigenvalue weighted by atomic mass is 9.95. The Kier molecular flexibility index (Phi) is 5.88. The zero-order valence-corrected chi connectivity index (χ0v) is 16.8. The third kappa shape index (κ3) is 4.85. The molecule has 0 saturated carbocycles. The first-order valence-corrected chi connectivity index (χ1v) is 10.0. The number of nitrogens with two attached hydrogens (primary N) is 1. The van der Waals surface area contributed by atoms with Crippen LogP contribution in [0.1, 0.15) is 23.2 Å². The molecule has 0 unspecified atom stereocenters. The summed E-state index contributed by atoms with van der Waals surface area (Å²) in [5.41, 5.74) is 7.76. The molecule has 2 heterocycles. The van der Waals surface area contributed by atoms with Gasteiger partial charge in [0.05, 0.1) is 5.69 Å². The smallest absolute Gasteiger partial charge is 0.248 e. The summed E-state index contributed by atoms with van der Waals surface area (Å²) >= 11 is 0. The van der Waals surface area contributed by atoms with Gasteiger partial charge >= 0.3 is 0 Å². The monoisotopic (exact) mass is 419 g/mol. The van der Waals surface area contributed by atoms with E-state index in [2.05, 4.69) is 20.4 Å². The number of rotatable bonds is 5. The van der Waals surface area contributed by atoms with Crippen LogP contribution >= 0.6 is 0 Å². The van der Waals surface area contributed by atoms with Crippen molar-refractivity contribution in [1.82, 2.24) is 10.2 Å². The highest BCUT2D eigenvalue weighted by molar-refractivity contribution is 5.95. The fourth-order valence-electron chi connectivity index (χ4n) is 3.60. The summed E-state index contributed by atoms with van der Waals surface area (Å²) in [6, 6.07) is 16.4. The Labute approximate surface area is 179 Å². The molecule has 2 amide bonds. The van der Waals surface area contributed by atoms with E-state index in [0.717, 1.165) is 11.4 Å². The Balaban J connectivity index is 1.32. The average molecular weight is 419 g/mol. The van der Waals surface area contributed by atoms with Crippen molar-refractivity contribution in [3.05, 3.63) is 72.0 Å². The summed E-state index contributed by atoms with van der Waals surface area (Å²) < 4.78 is 13.1. The van der Waals surface area contributed by atoms with E-state index in [9.17, 15) is 14.0 Å². The predicted octanol–water partition coefficient (Wildman–Crippen LogP) is 3.24. The topological polar surface area (TPSA) is 101 Å². The Bertz CT molecular complexity index is 1060. The molecule has 3 N–H and O–H groups in total. The maximum absolute atomic E-state index is 13.1. The van der Waals surface area contributed by atoms with Crippen LogP contribution in [0.3, 0.4) is 0 Å². The molecule has 0 spiro atoms. The second kappa shape index (κ2) is 8.91. The highest BCUT2D eigenvalue weighted by Gasteiger charge is 2.26. The number of halogens is 1. The first kappa shape index (κ1) is 20.5. The van der Waals surface area contributed by atoms with Crippen molar-refractivity contribution in [1.29, 1.82) is 0 Å². The molecule has 0 radical (unpaired) electrons. The van der Waals surface area contributed by atoms with E-state index in [0.29, 0.717) is 42.9 Å². The van der Waals surface area contributed by atoms with E-state index in [-0.39, 0.29) is 17.6 Å². The molecule has 0 bridgehead atoms. The number of piperidine rings is 1. The van der Waals surface area contributed by atoms with Crippen LogP contribution in [-0.4, -0.2) is 35.1 Å². The number of primary amides is 1. The maximum atomic E-state index is 13.1. The third-order valence-electron chi connectivity index (χ3n) is 5.42. The van der Waals surface area contributed by atoms with E-state index in [1.54, 1.807) is 36.4 Å². The first-order valence-electron chi connectivity index (χ1n) is 10.0. The van der Waals surface area contributed by atoms with Gasteiger partial charge in [0.2, 0.25) is 11.8 Å². The van der Waals surface area contributed by atoms with Gasteiger partial charge in [0.15, 0.2) is 5.82 Å². The van der Waals surface area contributed by atoms with Crippen LogP contribution in [0.25, 0.3) is 11.3 Å². The summed E-state index contributed by atoms with van der Waals surface area (Å²) in [7, 11) is 0. The SMILES string of the molecule is NC(=O)c1ccc(NC(=O)C2CCN(c3ccc(-c4ccc(F)cc4)nn3)CC2)cc1. The highest BCUT2D eigenvalue weighted by atomic mass is 19.1. The van der Waals surface area contributed by atoms with Crippen molar-refractivity contribution in [3.8, 4) is 11.3 Å². The molecule has 31 heavy (non-hydrogen) atoms. The number of nitrogens with one attached hydrogen (secondary N) is 1. The lowest BCUT2D eigenvalue weighted by Gasteiger charge is -2.31. The van der Waals surface area contributed by atoms with Gasteiger partial charge < -0.3 is 16.0 Å². The first-order chi connectivity index (χ1) is 15.0. The quantitative estimate of drug-likeness (QED) is 0.661. The Morgan fingerprint density at radius 3 is 2.19 bits per heavy atom. The average Bonchev–Trinajstić information content (AvgIpc) is 2.80. The molecule has 7 nitrogen and oxygen atoms in total. The van der Waals surface area contributed by atoms with Gasteiger partial charge in [-0.25, -0.2) is 4.39 Å². The number of nitrogens with zero attached hydrogens (tertiary/aromatic N) is 3. The number of hydrogen-bond donors (Lipinski definition) is 2. The van der Waals surface area contributed by atoms with E-state index >= 15 is 0 Å². The Hall–Kier alpha value is -3.81. The van der Waals surface area contributed by atoms with E-state index in [1.165, 1.54) is 12.1 Å². The minimum Gasteiger partial charge on any atom is -0.366 e. The lowest BCUT2D eigenvalue weighted by Crippen LogP contribution is -2.38. The summed E-state index contributed by atoms with van der Waals surface area (Å²) in [4.78, 5) is 25.8. The molecular weight excluding hydrogens is 397 g/mol. The van der Waals surface area contributed by atoms with Gasteiger partial charge in [0.1, 0.15) is 5.82 Å². The highest BCUT2D eigenvalue weighted by Crippen LogP contribution is 2.24. The fourth-order valence-corrected chi connectivity index (χ4v) is 3.60. The van der Waals surface area contributed by atoms with Crippen LogP contribution in [0.5, 0.6) is 0 Å². The van der Waals surface area contributed by atoms with Crippen molar-refractivity contribution in [3.63, 3.8) is 0 Å². The normalized spacial score (nSPS) is 14.3. The van der Waals surface area contributed by atoms with Crippen molar-refractivity contribution in [2.75, 3.05) is 23.3 Å². The molecule has 4 rings (SSSR count). The Morgan fingerprint density at radius 1 is 0.935 bits per heavy atom. The third-order valence-corrected chi connectivity index (χ3v) is 5.42.